The van der Waals surface area contributed by atoms with Gasteiger partial charge in [-0.05, 0) is 36.4 Å². The zero-order valence-corrected chi connectivity index (χ0v) is 19.6. The summed E-state index contributed by atoms with van der Waals surface area (Å²) in [5, 5.41) is 11.7. The first-order valence-electron chi connectivity index (χ1n) is 12.2. The fourth-order valence-corrected chi connectivity index (χ4v) is 5.22. The number of aliphatic hydroxyl groups excluding tert-OH is 1. The van der Waals surface area contributed by atoms with Crippen molar-refractivity contribution in [2.45, 2.75) is 12.1 Å². The highest BCUT2D eigenvalue weighted by Gasteiger charge is 2.33. The quantitative estimate of drug-likeness (QED) is 0.451. The molecule has 0 amide bonds. The van der Waals surface area contributed by atoms with Gasteiger partial charge in [0, 0.05) is 55.4 Å². The first-order chi connectivity index (χ1) is 17.3. The zero-order chi connectivity index (χ0) is 23.6. The average molecular weight is 468 g/mol. The van der Waals surface area contributed by atoms with E-state index >= 15 is 0 Å². The molecule has 6 rings (SSSR count). The minimum Gasteiger partial charge on any atom is -0.490 e. The molecule has 6 nitrogen and oxygen atoms in total. The highest BCUT2D eigenvalue weighted by molar-refractivity contribution is 5.84. The van der Waals surface area contributed by atoms with E-state index < -0.39 is 6.10 Å². The summed E-state index contributed by atoms with van der Waals surface area (Å²) in [6.07, 6.45) is 1.22. The third kappa shape index (κ3) is 4.48. The molecule has 1 aromatic heterocycles. The number of ether oxygens (including phenoxy) is 2. The number of fused-ring (bicyclic) bond motifs is 3. The number of para-hydroxylation sites is 2. The van der Waals surface area contributed by atoms with E-state index in [9.17, 15) is 5.11 Å². The number of hydrogen-bond acceptors (Lipinski definition) is 6. The summed E-state index contributed by atoms with van der Waals surface area (Å²) in [5.41, 5.74) is 3.34. The number of rotatable bonds is 6. The minimum atomic E-state index is -0.557. The Balaban J connectivity index is 1.08. The first-order valence-corrected chi connectivity index (χ1v) is 12.2. The number of nitrogens with zero attached hydrogens (tertiary/aromatic N) is 3. The lowest BCUT2D eigenvalue weighted by molar-refractivity contribution is 0.0395. The molecule has 1 unspecified atom stereocenters. The molecule has 2 aliphatic rings. The maximum absolute atomic E-state index is 10.7. The predicted octanol–water partition coefficient (Wildman–Crippen LogP) is 4.49. The van der Waals surface area contributed by atoms with Crippen molar-refractivity contribution < 1.29 is 14.6 Å². The molecule has 0 aliphatic carbocycles. The van der Waals surface area contributed by atoms with Crippen LogP contribution in [0.1, 0.15) is 17.2 Å². The lowest BCUT2D eigenvalue weighted by Crippen LogP contribution is -2.50. The van der Waals surface area contributed by atoms with Gasteiger partial charge in [0.25, 0.3) is 0 Å². The van der Waals surface area contributed by atoms with Gasteiger partial charge in [-0.3, -0.25) is 14.8 Å². The van der Waals surface area contributed by atoms with E-state index in [1.165, 1.54) is 11.1 Å². The third-order valence-electron chi connectivity index (χ3n) is 6.92. The van der Waals surface area contributed by atoms with Crippen molar-refractivity contribution in [1.29, 1.82) is 0 Å². The zero-order valence-electron chi connectivity index (χ0n) is 19.6. The van der Waals surface area contributed by atoms with Crippen LogP contribution in [0, 0.1) is 0 Å². The summed E-state index contributed by atoms with van der Waals surface area (Å²) in [7, 11) is 0. The van der Waals surface area contributed by atoms with Crippen LogP contribution < -0.4 is 9.47 Å². The van der Waals surface area contributed by atoms with Gasteiger partial charge in [-0.1, -0.05) is 42.5 Å². The Morgan fingerprint density at radius 3 is 2.31 bits per heavy atom. The monoisotopic (exact) mass is 467 g/mol. The smallest absolute Gasteiger partial charge is 0.132 e. The molecule has 0 bridgehead atoms. The van der Waals surface area contributed by atoms with Crippen LogP contribution >= 0.6 is 0 Å². The van der Waals surface area contributed by atoms with Gasteiger partial charge in [0.15, 0.2) is 0 Å². The summed E-state index contributed by atoms with van der Waals surface area (Å²) in [5.74, 6) is 2.64. The molecule has 1 N–H and O–H groups in total. The van der Waals surface area contributed by atoms with E-state index in [0.717, 1.165) is 54.3 Å². The lowest BCUT2D eigenvalue weighted by atomic mass is 9.92. The van der Waals surface area contributed by atoms with Crippen LogP contribution in [0.5, 0.6) is 17.2 Å². The average Bonchev–Trinajstić information content (AvgIpc) is 2.91. The Hall–Kier alpha value is -3.45. The van der Waals surface area contributed by atoms with E-state index in [4.69, 9.17) is 9.47 Å². The van der Waals surface area contributed by atoms with Crippen LogP contribution in [0.15, 0.2) is 85.1 Å². The molecule has 2 aliphatic heterocycles. The van der Waals surface area contributed by atoms with Crippen molar-refractivity contribution in [3.05, 3.63) is 96.2 Å². The molecule has 35 heavy (non-hydrogen) atoms. The minimum absolute atomic E-state index is 0.187. The molecule has 6 heteroatoms. The fourth-order valence-electron chi connectivity index (χ4n) is 5.22. The van der Waals surface area contributed by atoms with Crippen LogP contribution in [-0.2, 0) is 0 Å². The molecule has 1 saturated heterocycles. The molecule has 1 fully saturated rings. The van der Waals surface area contributed by atoms with Crippen LogP contribution in [0.25, 0.3) is 10.9 Å². The topological polar surface area (TPSA) is 58.1 Å². The van der Waals surface area contributed by atoms with Crippen molar-refractivity contribution in [1.82, 2.24) is 14.8 Å². The van der Waals surface area contributed by atoms with Gasteiger partial charge in [-0.25, -0.2) is 0 Å². The molecule has 4 aromatic rings. The van der Waals surface area contributed by atoms with E-state index in [1.807, 2.05) is 42.5 Å². The van der Waals surface area contributed by atoms with Crippen molar-refractivity contribution in [2.75, 3.05) is 39.3 Å². The number of β-amino-alcohol motifs (C(OH)–C–C–N with tert-alkyl or cyclic N) is 1. The number of pyridine rings is 1. The number of benzene rings is 3. The number of aromatic nitrogens is 1. The van der Waals surface area contributed by atoms with E-state index in [1.54, 1.807) is 6.20 Å². The largest absolute Gasteiger partial charge is 0.490 e. The maximum atomic E-state index is 10.7. The predicted molar refractivity (Wildman–Crippen MR) is 136 cm³/mol. The summed E-state index contributed by atoms with van der Waals surface area (Å²) < 4.78 is 12.2. The Bertz CT molecular complexity index is 1270. The summed E-state index contributed by atoms with van der Waals surface area (Å²) in [6.45, 7) is 4.51. The Labute approximate surface area is 205 Å². The summed E-state index contributed by atoms with van der Waals surface area (Å²) in [4.78, 5) is 9.23. The summed E-state index contributed by atoms with van der Waals surface area (Å²) >= 11 is 0. The van der Waals surface area contributed by atoms with Gasteiger partial charge in [-0.2, -0.15) is 0 Å². The van der Waals surface area contributed by atoms with Gasteiger partial charge < -0.3 is 14.6 Å². The number of hydrogen-bond donors (Lipinski definition) is 1. The van der Waals surface area contributed by atoms with Crippen LogP contribution in [-0.4, -0.2) is 65.3 Å². The molecule has 3 aromatic carbocycles. The molecular weight excluding hydrogens is 438 g/mol. The van der Waals surface area contributed by atoms with Crippen LogP contribution in [0.2, 0.25) is 0 Å². The Morgan fingerprint density at radius 2 is 1.57 bits per heavy atom. The van der Waals surface area contributed by atoms with Crippen molar-refractivity contribution in [2.24, 2.45) is 0 Å². The first kappa shape index (κ1) is 22.0. The van der Waals surface area contributed by atoms with Gasteiger partial charge in [0.05, 0.1) is 11.6 Å². The Kier molecular flexibility index (Phi) is 6.08. The van der Waals surface area contributed by atoms with E-state index in [2.05, 4.69) is 51.2 Å². The van der Waals surface area contributed by atoms with Crippen LogP contribution in [0.3, 0.4) is 0 Å². The number of piperazine rings is 1. The van der Waals surface area contributed by atoms with Gasteiger partial charge in [0.1, 0.15) is 30.0 Å². The molecule has 1 atom stereocenters. The number of aliphatic hydroxyl groups is 1. The Morgan fingerprint density at radius 1 is 0.857 bits per heavy atom. The highest BCUT2D eigenvalue weighted by atomic mass is 16.5. The molecule has 3 heterocycles. The second-order valence-corrected chi connectivity index (χ2v) is 9.21. The summed E-state index contributed by atoms with van der Waals surface area (Å²) in [6, 6.07) is 26.6. The fraction of sp³-hybridized carbons (Fsp3) is 0.276. The van der Waals surface area contributed by atoms with E-state index in [-0.39, 0.29) is 12.6 Å². The molecule has 0 spiro atoms. The van der Waals surface area contributed by atoms with Crippen molar-refractivity contribution in [3.8, 4) is 17.2 Å². The van der Waals surface area contributed by atoms with Crippen LogP contribution in [0.4, 0.5) is 0 Å². The molecule has 0 saturated carbocycles. The maximum Gasteiger partial charge on any atom is 0.132 e. The second-order valence-electron chi connectivity index (χ2n) is 9.21. The molecule has 178 valence electrons. The molecule has 0 radical (unpaired) electrons. The van der Waals surface area contributed by atoms with E-state index in [0.29, 0.717) is 6.54 Å². The van der Waals surface area contributed by atoms with Gasteiger partial charge in [-0.15, -0.1) is 0 Å². The van der Waals surface area contributed by atoms with Crippen molar-refractivity contribution in [3.63, 3.8) is 0 Å². The SMILES string of the molecule is OC(COc1cccc2ncccc12)CN1CCN(C2c3ccccc3Oc3ccccc32)CC1. The molecular formula is C29H29N3O3. The standard InChI is InChI=1S/C29H29N3O3/c33-21(20-34-26-13-5-10-25-22(26)9-6-14-30-25)19-31-15-17-32(18-16-31)29-23-7-1-3-11-27(23)35-28-12-4-2-8-24(28)29/h1-14,21,29,33H,15-20H2. The van der Waals surface area contributed by atoms with Crippen molar-refractivity contribution >= 4 is 10.9 Å². The lowest BCUT2D eigenvalue weighted by Gasteiger charge is -2.42. The third-order valence-corrected chi connectivity index (χ3v) is 6.92. The highest BCUT2D eigenvalue weighted by Crippen LogP contribution is 2.45. The second kappa shape index (κ2) is 9.66. The van der Waals surface area contributed by atoms with Gasteiger partial charge >= 0.3 is 0 Å². The normalized spacial score (nSPS) is 17.4. The van der Waals surface area contributed by atoms with Gasteiger partial charge in [0.2, 0.25) is 0 Å².